The zero-order chi connectivity index (χ0) is 20.2. The van der Waals surface area contributed by atoms with Gasteiger partial charge in [-0.3, -0.25) is 0 Å². The number of carbonyl (C=O) groups excluding carboxylic acids is 2. The van der Waals surface area contributed by atoms with Crippen LogP contribution in [0.2, 0.25) is 0 Å². The molecule has 0 unspecified atom stereocenters. The van der Waals surface area contributed by atoms with Gasteiger partial charge in [0.25, 0.3) is 0 Å². The Bertz CT molecular complexity index is 491. The number of alkyl halides is 12. The fourth-order valence-electron chi connectivity index (χ4n) is 1.05. The van der Waals surface area contributed by atoms with Gasteiger partial charge in [0, 0.05) is 0 Å². The molecule has 0 spiro atoms. The Morgan fingerprint density at radius 3 is 0.750 bits per heavy atom. The molecule has 0 aliphatic heterocycles. The highest BCUT2D eigenvalue weighted by molar-refractivity contribution is 5.76. The Labute approximate surface area is 121 Å². The van der Waals surface area contributed by atoms with Crippen LogP contribution in [0.1, 0.15) is 0 Å². The molecule has 16 heteroatoms. The van der Waals surface area contributed by atoms with Crippen molar-refractivity contribution in [1.29, 1.82) is 0 Å². The first-order valence-electron chi connectivity index (χ1n) is 4.83. The van der Waals surface area contributed by atoms with Gasteiger partial charge in [-0.25, -0.2) is 0 Å². The summed E-state index contributed by atoms with van der Waals surface area (Å²) < 4.78 is 152. The first kappa shape index (κ1) is 22.1. The molecule has 0 N–H and O–H groups in total. The fourth-order valence-corrected chi connectivity index (χ4v) is 1.05. The monoisotopic (exact) mass is 388 g/mol. The molecule has 0 saturated heterocycles. The van der Waals surface area contributed by atoms with E-state index in [1.807, 2.05) is 0 Å². The molecule has 4 nitrogen and oxygen atoms in total. The summed E-state index contributed by atoms with van der Waals surface area (Å²) in [6, 6.07) is 0. The molecule has 0 aliphatic carbocycles. The van der Waals surface area contributed by atoms with Gasteiger partial charge in [-0.2, -0.15) is 52.7 Å². The summed E-state index contributed by atoms with van der Waals surface area (Å²) in [5.74, 6) is -55.5. The van der Waals surface area contributed by atoms with E-state index >= 15 is 0 Å². The fraction of sp³-hybridized carbons (Fsp3) is 0.750. The Morgan fingerprint density at radius 2 is 0.625 bits per heavy atom. The van der Waals surface area contributed by atoms with E-state index in [1.54, 1.807) is 0 Å². The number of aliphatic carboxylic acids is 2. The molecule has 142 valence electrons. The molecule has 0 heterocycles. The van der Waals surface area contributed by atoms with Crippen molar-refractivity contribution in [2.45, 2.75) is 35.5 Å². The van der Waals surface area contributed by atoms with E-state index < -0.39 is 47.5 Å². The van der Waals surface area contributed by atoms with Crippen LogP contribution in [-0.2, 0) is 9.59 Å². The second kappa shape index (κ2) is 5.30. The summed E-state index contributed by atoms with van der Waals surface area (Å²) in [5.41, 5.74) is 0. The van der Waals surface area contributed by atoms with Gasteiger partial charge in [0.2, 0.25) is 0 Å². The predicted molar refractivity (Wildman–Crippen MR) is 39.7 cm³/mol. The molecule has 0 atom stereocenters. The third kappa shape index (κ3) is 2.42. The molecule has 0 aromatic heterocycles. The quantitative estimate of drug-likeness (QED) is 0.588. The SMILES string of the molecule is O=C([O-])C(F)(F)C(F)(F)C(F)(F)C(F)(F)C(F)(F)C(F)(F)C(=O)[O-]. The summed E-state index contributed by atoms with van der Waals surface area (Å²) in [7, 11) is 0. The van der Waals surface area contributed by atoms with Gasteiger partial charge >= 0.3 is 35.5 Å². The number of carboxylic acid groups (broad SMARTS) is 2. The van der Waals surface area contributed by atoms with E-state index in [-0.39, 0.29) is 0 Å². The van der Waals surface area contributed by atoms with Crippen LogP contribution in [0.5, 0.6) is 0 Å². The molecule has 0 bridgehead atoms. The van der Waals surface area contributed by atoms with E-state index in [0.717, 1.165) is 0 Å². The maximum atomic E-state index is 12.8. The number of hydrogen-bond donors (Lipinski definition) is 0. The number of rotatable bonds is 7. The highest BCUT2D eigenvalue weighted by atomic mass is 19.4. The highest BCUT2D eigenvalue weighted by Gasteiger charge is 2.90. The average molecular weight is 388 g/mol. The van der Waals surface area contributed by atoms with Crippen molar-refractivity contribution in [3.05, 3.63) is 0 Å². The summed E-state index contributed by atoms with van der Waals surface area (Å²) in [4.78, 5) is 19.3. The smallest absolute Gasteiger partial charge is 0.385 e. The standard InChI is InChI=1S/C8H2F12O4/c9-3(10,1(21)22)5(13,14)7(17,18)8(19,20)6(15,16)4(11,12)2(23)24/h(H,21,22)(H,23,24)/p-2. The summed E-state index contributed by atoms with van der Waals surface area (Å²) in [5, 5.41) is 19.3. The minimum atomic E-state index is -8.17. The van der Waals surface area contributed by atoms with Crippen LogP contribution >= 0.6 is 0 Å². The lowest BCUT2D eigenvalue weighted by atomic mass is 9.91. The minimum absolute atomic E-state index is 4.43. The van der Waals surface area contributed by atoms with Gasteiger partial charge in [-0.05, 0) is 0 Å². The summed E-state index contributed by atoms with van der Waals surface area (Å²) in [6.07, 6.45) is 0. The Morgan fingerprint density at radius 1 is 0.458 bits per heavy atom. The van der Waals surface area contributed by atoms with Gasteiger partial charge in [-0.15, -0.1) is 0 Å². The zero-order valence-electron chi connectivity index (χ0n) is 10.2. The summed E-state index contributed by atoms with van der Waals surface area (Å²) >= 11 is 0. The number of halogens is 12. The van der Waals surface area contributed by atoms with Crippen LogP contribution in [0, 0.1) is 0 Å². The molecule has 0 aromatic carbocycles. The van der Waals surface area contributed by atoms with Gasteiger partial charge in [0.05, 0.1) is 0 Å². The molecule has 24 heavy (non-hydrogen) atoms. The third-order valence-corrected chi connectivity index (χ3v) is 2.48. The number of carbonyl (C=O) groups is 2. The molecular formula is C8F12O4-2. The Balaban J connectivity index is 6.48. The second-order valence-corrected chi connectivity index (χ2v) is 4.02. The van der Waals surface area contributed by atoms with Crippen molar-refractivity contribution in [3.63, 3.8) is 0 Å². The topological polar surface area (TPSA) is 80.3 Å². The molecular weight excluding hydrogens is 388 g/mol. The lowest BCUT2D eigenvalue weighted by Crippen LogP contribution is -2.74. The van der Waals surface area contributed by atoms with Crippen molar-refractivity contribution in [3.8, 4) is 0 Å². The van der Waals surface area contributed by atoms with Crippen LogP contribution in [0.25, 0.3) is 0 Å². The largest absolute Gasteiger partial charge is 0.544 e. The first-order chi connectivity index (χ1) is 10.1. The van der Waals surface area contributed by atoms with Crippen molar-refractivity contribution in [2.75, 3.05) is 0 Å². The Hall–Kier alpha value is -1.90. The predicted octanol–water partition coefficient (Wildman–Crippen LogP) is 0.298. The maximum absolute atomic E-state index is 12.8. The van der Waals surface area contributed by atoms with Gasteiger partial charge in [0.1, 0.15) is 11.9 Å². The highest BCUT2D eigenvalue weighted by Crippen LogP contribution is 2.59. The van der Waals surface area contributed by atoms with Crippen molar-refractivity contribution in [1.82, 2.24) is 0 Å². The van der Waals surface area contributed by atoms with E-state index in [1.165, 1.54) is 0 Å². The normalized spacial score (nSPS) is 15.3. The van der Waals surface area contributed by atoms with E-state index in [0.29, 0.717) is 0 Å². The van der Waals surface area contributed by atoms with E-state index in [4.69, 9.17) is 0 Å². The van der Waals surface area contributed by atoms with Crippen molar-refractivity contribution < 1.29 is 72.5 Å². The van der Waals surface area contributed by atoms with Crippen LogP contribution in [0.4, 0.5) is 52.7 Å². The lowest BCUT2D eigenvalue weighted by molar-refractivity contribution is -0.435. The average Bonchev–Trinajstić information content (AvgIpc) is 2.36. The van der Waals surface area contributed by atoms with Crippen LogP contribution in [0.3, 0.4) is 0 Å². The van der Waals surface area contributed by atoms with Gasteiger partial charge in [0.15, 0.2) is 0 Å². The van der Waals surface area contributed by atoms with Crippen molar-refractivity contribution >= 4 is 11.9 Å². The molecule has 0 saturated carbocycles. The molecule has 0 rings (SSSR count). The van der Waals surface area contributed by atoms with Gasteiger partial charge < -0.3 is 19.8 Å². The zero-order valence-corrected chi connectivity index (χ0v) is 10.2. The number of carboxylic acids is 2. The molecule has 0 fully saturated rings. The van der Waals surface area contributed by atoms with Crippen molar-refractivity contribution in [2.24, 2.45) is 0 Å². The molecule has 0 aromatic rings. The molecule has 0 amide bonds. The molecule has 0 radical (unpaired) electrons. The first-order valence-corrected chi connectivity index (χ1v) is 4.83. The Kier molecular flexibility index (Phi) is 4.88. The summed E-state index contributed by atoms with van der Waals surface area (Å²) in [6.45, 7) is 0. The second-order valence-electron chi connectivity index (χ2n) is 4.02. The third-order valence-electron chi connectivity index (χ3n) is 2.48. The van der Waals surface area contributed by atoms with Crippen LogP contribution < -0.4 is 10.2 Å². The van der Waals surface area contributed by atoms with E-state index in [9.17, 15) is 72.5 Å². The maximum Gasteiger partial charge on any atom is 0.385 e. The number of hydrogen-bond acceptors (Lipinski definition) is 4. The van der Waals surface area contributed by atoms with Crippen LogP contribution in [-0.4, -0.2) is 47.5 Å². The lowest BCUT2D eigenvalue weighted by Gasteiger charge is -2.41. The molecule has 0 aliphatic rings. The minimum Gasteiger partial charge on any atom is -0.544 e. The van der Waals surface area contributed by atoms with Gasteiger partial charge in [-0.1, -0.05) is 0 Å². The van der Waals surface area contributed by atoms with E-state index in [2.05, 4.69) is 0 Å². The van der Waals surface area contributed by atoms with Crippen LogP contribution in [0.15, 0.2) is 0 Å².